The molecule has 11 heteroatoms. The van der Waals surface area contributed by atoms with Gasteiger partial charge in [0, 0.05) is 42.0 Å². The number of imidazole rings is 1. The Morgan fingerprint density at radius 1 is 1.22 bits per heavy atom. The van der Waals surface area contributed by atoms with Gasteiger partial charge in [0.25, 0.3) is 0 Å². The predicted octanol–water partition coefficient (Wildman–Crippen LogP) is 4.20. The lowest BCUT2D eigenvalue weighted by Crippen LogP contribution is -2.57. The Bertz CT molecular complexity index is 1230. The van der Waals surface area contributed by atoms with Crippen LogP contribution in [0.4, 0.5) is 5.69 Å². The quantitative estimate of drug-likeness (QED) is 0.326. The monoisotopic (exact) mass is 546 g/mol. The Morgan fingerprint density at radius 2 is 1.97 bits per heavy atom. The fraction of sp³-hybridized carbons (Fsp3) is 0.385. The molecule has 2 aliphatic rings. The van der Waals surface area contributed by atoms with E-state index in [2.05, 4.69) is 4.98 Å². The molecule has 0 bridgehead atoms. The molecule has 1 aromatic heterocycles. The van der Waals surface area contributed by atoms with Crippen molar-refractivity contribution in [3.63, 3.8) is 0 Å². The van der Waals surface area contributed by atoms with Gasteiger partial charge in [0.15, 0.2) is 0 Å². The first-order valence-electron chi connectivity index (χ1n) is 12.1. The van der Waals surface area contributed by atoms with Crippen LogP contribution in [-0.2, 0) is 26.6 Å². The molecule has 0 aliphatic carbocycles. The number of carbonyl (C=O) groups is 1. The van der Waals surface area contributed by atoms with E-state index >= 15 is 0 Å². The topological polar surface area (TPSA) is 88.9 Å². The molecule has 0 spiro atoms. The SMILES string of the molecule is CC(=O)N1CC[N+]([O-])(c2ccc(OCC3CO[C@](Cn4ccnc4)(c4ccc(Cl)cc4Cl)O3)cc2)CC1. The van der Waals surface area contributed by atoms with Crippen molar-refractivity contribution in [1.29, 1.82) is 0 Å². The van der Waals surface area contributed by atoms with Gasteiger partial charge in [-0.2, -0.15) is 0 Å². The van der Waals surface area contributed by atoms with Gasteiger partial charge in [-0.05, 0) is 24.3 Å². The highest BCUT2D eigenvalue weighted by Crippen LogP contribution is 2.40. The third-order valence-corrected chi connectivity index (χ3v) is 7.35. The number of hydroxylamine groups is 2. The average Bonchev–Trinajstić information content (AvgIpc) is 3.54. The first-order valence-corrected chi connectivity index (χ1v) is 12.8. The third kappa shape index (κ3) is 5.62. The Balaban J connectivity index is 1.24. The van der Waals surface area contributed by atoms with Gasteiger partial charge >= 0.3 is 0 Å². The van der Waals surface area contributed by atoms with E-state index in [-0.39, 0.29) is 18.6 Å². The molecule has 5 rings (SSSR count). The van der Waals surface area contributed by atoms with Crippen molar-refractivity contribution in [1.82, 2.24) is 19.1 Å². The number of rotatable bonds is 7. The molecule has 37 heavy (non-hydrogen) atoms. The van der Waals surface area contributed by atoms with Crippen LogP contribution in [0.1, 0.15) is 12.5 Å². The van der Waals surface area contributed by atoms with E-state index in [4.69, 9.17) is 37.4 Å². The van der Waals surface area contributed by atoms with Crippen LogP contribution >= 0.6 is 23.2 Å². The van der Waals surface area contributed by atoms with Crippen molar-refractivity contribution in [2.24, 2.45) is 0 Å². The van der Waals surface area contributed by atoms with Crippen molar-refractivity contribution >= 4 is 34.8 Å². The minimum Gasteiger partial charge on any atom is -0.627 e. The highest BCUT2D eigenvalue weighted by molar-refractivity contribution is 6.35. The first kappa shape index (κ1) is 26.0. The fourth-order valence-corrected chi connectivity index (χ4v) is 5.29. The summed E-state index contributed by atoms with van der Waals surface area (Å²) >= 11 is 12.6. The standard InChI is InChI=1S/C26H28Cl2N4O5/c1-19(33)31-10-12-32(34,13-11-31)21-3-5-22(6-4-21)35-15-23-16-36-26(37-23,17-30-9-8-29-18-30)24-7-2-20(27)14-25(24)28/h2-9,14,18,23H,10-13,15-17H2,1H3/t23?,26-/m0/s1. The summed E-state index contributed by atoms with van der Waals surface area (Å²) in [6.07, 6.45) is 4.85. The average molecular weight is 547 g/mol. The van der Waals surface area contributed by atoms with Crippen LogP contribution in [0, 0.1) is 5.21 Å². The smallest absolute Gasteiger partial charge is 0.219 e. The maximum absolute atomic E-state index is 13.3. The van der Waals surface area contributed by atoms with Crippen LogP contribution in [0.15, 0.2) is 61.2 Å². The highest BCUT2D eigenvalue weighted by Gasteiger charge is 2.45. The molecular weight excluding hydrogens is 519 g/mol. The Hall–Kier alpha value is -2.66. The summed E-state index contributed by atoms with van der Waals surface area (Å²) < 4.78 is 20.0. The molecule has 1 unspecified atom stereocenters. The number of halogens is 2. The molecule has 2 saturated heterocycles. The molecule has 0 saturated carbocycles. The minimum atomic E-state index is -1.12. The van der Waals surface area contributed by atoms with E-state index in [1.54, 1.807) is 53.8 Å². The van der Waals surface area contributed by atoms with Gasteiger partial charge in [-0.3, -0.25) is 4.79 Å². The molecule has 196 valence electrons. The van der Waals surface area contributed by atoms with Crippen LogP contribution in [0.2, 0.25) is 10.0 Å². The zero-order chi connectivity index (χ0) is 26.0. The lowest BCUT2D eigenvalue weighted by Gasteiger charge is -2.47. The van der Waals surface area contributed by atoms with Gasteiger partial charge < -0.3 is 33.5 Å². The number of carbonyl (C=O) groups excluding carboxylic acids is 1. The van der Waals surface area contributed by atoms with Crippen LogP contribution in [0.3, 0.4) is 0 Å². The molecule has 3 aromatic rings. The Kier molecular flexibility index (Phi) is 7.44. The van der Waals surface area contributed by atoms with Crippen LogP contribution in [-0.4, -0.2) is 65.9 Å². The van der Waals surface area contributed by atoms with Gasteiger partial charge in [-0.15, -0.1) is 0 Å². The fourth-order valence-electron chi connectivity index (χ4n) is 4.74. The molecular formula is C26H28Cl2N4O5. The second kappa shape index (κ2) is 10.6. The predicted molar refractivity (Wildman–Crippen MR) is 140 cm³/mol. The van der Waals surface area contributed by atoms with Crippen LogP contribution < -0.4 is 9.38 Å². The number of amides is 1. The zero-order valence-electron chi connectivity index (χ0n) is 20.4. The van der Waals surface area contributed by atoms with Crippen LogP contribution in [0.25, 0.3) is 0 Å². The van der Waals surface area contributed by atoms with Gasteiger partial charge in [0.1, 0.15) is 37.2 Å². The number of nitrogens with zero attached hydrogens (tertiary/aromatic N) is 4. The van der Waals surface area contributed by atoms with E-state index in [1.807, 2.05) is 16.8 Å². The second-order valence-electron chi connectivity index (χ2n) is 9.31. The number of benzene rings is 2. The van der Waals surface area contributed by atoms with E-state index in [0.29, 0.717) is 66.4 Å². The van der Waals surface area contributed by atoms with Gasteiger partial charge in [0.2, 0.25) is 11.7 Å². The van der Waals surface area contributed by atoms with Crippen molar-refractivity contribution in [2.45, 2.75) is 25.4 Å². The van der Waals surface area contributed by atoms with Crippen LogP contribution in [0.5, 0.6) is 5.75 Å². The normalized spacial score (nSPS) is 23.2. The summed E-state index contributed by atoms with van der Waals surface area (Å²) in [5.41, 5.74) is 1.32. The number of hydrogen-bond donors (Lipinski definition) is 0. The second-order valence-corrected chi connectivity index (χ2v) is 10.2. The molecule has 1 amide bonds. The molecule has 9 nitrogen and oxygen atoms in total. The maximum atomic E-state index is 13.3. The summed E-state index contributed by atoms with van der Waals surface area (Å²) in [6, 6.07) is 12.4. The van der Waals surface area contributed by atoms with E-state index in [0.717, 1.165) is 0 Å². The van der Waals surface area contributed by atoms with Crippen molar-refractivity contribution in [3.05, 3.63) is 82.0 Å². The summed E-state index contributed by atoms with van der Waals surface area (Å²) in [4.78, 5) is 17.4. The highest BCUT2D eigenvalue weighted by atomic mass is 35.5. The Labute approximate surface area is 225 Å². The molecule has 3 heterocycles. The van der Waals surface area contributed by atoms with Gasteiger partial charge in [0.05, 0.1) is 37.6 Å². The van der Waals surface area contributed by atoms with Crippen molar-refractivity contribution in [2.75, 3.05) is 39.4 Å². The van der Waals surface area contributed by atoms with E-state index < -0.39 is 10.4 Å². The van der Waals surface area contributed by atoms with Gasteiger partial charge in [-0.1, -0.05) is 29.3 Å². The zero-order valence-corrected chi connectivity index (χ0v) is 21.9. The summed E-state index contributed by atoms with van der Waals surface area (Å²) in [5, 5.41) is 14.2. The summed E-state index contributed by atoms with van der Waals surface area (Å²) in [7, 11) is 0. The molecule has 2 fully saturated rings. The summed E-state index contributed by atoms with van der Waals surface area (Å²) in [6.45, 7) is 4.01. The first-order chi connectivity index (χ1) is 17.8. The molecule has 2 aromatic carbocycles. The molecule has 2 atom stereocenters. The number of quaternary nitrogens is 1. The van der Waals surface area contributed by atoms with Crippen molar-refractivity contribution in [3.8, 4) is 5.75 Å². The lowest BCUT2D eigenvalue weighted by molar-refractivity contribution is -0.189. The van der Waals surface area contributed by atoms with E-state index in [1.165, 1.54) is 6.92 Å². The number of piperazine rings is 1. The molecule has 0 N–H and O–H groups in total. The minimum absolute atomic E-state index is 0.000452. The number of aromatic nitrogens is 2. The maximum Gasteiger partial charge on any atom is 0.219 e. The summed E-state index contributed by atoms with van der Waals surface area (Å²) in [5.74, 6) is -0.500. The number of hydrogen-bond acceptors (Lipinski definition) is 6. The molecule has 2 aliphatic heterocycles. The third-order valence-electron chi connectivity index (χ3n) is 6.80. The molecule has 0 radical (unpaired) electrons. The lowest BCUT2D eigenvalue weighted by atomic mass is 10.1. The largest absolute Gasteiger partial charge is 0.627 e. The van der Waals surface area contributed by atoms with Gasteiger partial charge in [-0.25, -0.2) is 4.98 Å². The van der Waals surface area contributed by atoms with Crippen molar-refractivity contribution < 1.29 is 19.0 Å². The number of ether oxygens (including phenoxy) is 3. The van der Waals surface area contributed by atoms with E-state index in [9.17, 15) is 10.0 Å². The Morgan fingerprint density at radius 3 is 2.62 bits per heavy atom.